The second-order valence-corrected chi connectivity index (χ2v) is 8.34. The van der Waals surface area contributed by atoms with Gasteiger partial charge in [0.05, 0.1) is 5.41 Å². The molecule has 0 aliphatic carbocycles. The summed E-state index contributed by atoms with van der Waals surface area (Å²) in [6.45, 7) is 7.51. The fraction of sp³-hybridized carbons (Fsp3) is 0.667. The fourth-order valence-corrected chi connectivity index (χ4v) is 5.25. The molecule has 1 amide bonds. The van der Waals surface area contributed by atoms with Gasteiger partial charge in [-0.1, -0.05) is 18.2 Å². The normalized spacial score (nSPS) is 29.0. The van der Waals surface area contributed by atoms with E-state index in [9.17, 15) is 4.79 Å². The number of amides is 1. The van der Waals surface area contributed by atoms with E-state index in [4.69, 9.17) is 0 Å². The molecular weight excluding hydrogens is 310 g/mol. The minimum absolute atomic E-state index is 0.0693. The molecule has 25 heavy (non-hydrogen) atoms. The second-order valence-electron chi connectivity index (χ2n) is 8.34. The summed E-state index contributed by atoms with van der Waals surface area (Å²) in [7, 11) is 1.98. The first-order valence-corrected chi connectivity index (χ1v) is 9.89. The van der Waals surface area contributed by atoms with E-state index < -0.39 is 0 Å². The van der Waals surface area contributed by atoms with Crippen LogP contribution in [-0.4, -0.2) is 61.5 Å². The van der Waals surface area contributed by atoms with Crippen molar-refractivity contribution in [1.29, 1.82) is 0 Å². The standard InChI is InChI=1S/C21H31N3O/c1-17-6-3-4-7-19(17)23-13-8-18(9-14-23)24-15-11-21(16-24)10-5-12-22(2)20(21)25/h3-4,6-7,18H,5,8-16H2,1-2H3/t21-/m0/s1. The van der Waals surface area contributed by atoms with Crippen LogP contribution in [0.4, 0.5) is 5.69 Å². The quantitative estimate of drug-likeness (QED) is 0.827. The van der Waals surface area contributed by atoms with E-state index in [0.29, 0.717) is 11.9 Å². The molecule has 3 fully saturated rings. The third-order valence-corrected chi connectivity index (χ3v) is 6.77. The Bertz CT molecular complexity index is 638. The van der Waals surface area contributed by atoms with Crippen molar-refractivity contribution in [1.82, 2.24) is 9.80 Å². The van der Waals surface area contributed by atoms with Crippen LogP contribution in [0.3, 0.4) is 0 Å². The second kappa shape index (κ2) is 6.64. The number of anilines is 1. The molecule has 0 saturated carbocycles. The summed E-state index contributed by atoms with van der Waals surface area (Å²) in [5, 5.41) is 0. The van der Waals surface area contributed by atoms with Crippen LogP contribution in [0.5, 0.6) is 0 Å². The maximum absolute atomic E-state index is 12.7. The molecule has 1 aromatic rings. The van der Waals surface area contributed by atoms with Crippen molar-refractivity contribution in [2.45, 2.75) is 45.1 Å². The Morgan fingerprint density at radius 3 is 2.56 bits per heavy atom. The van der Waals surface area contributed by atoms with Gasteiger partial charge in [-0.25, -0.2) is 0 Å². The Hall–Kier alpha value is -1.55. The SMILES string of the molecule is Cc1ccccc1N1CCC(N2CC[C@@]3(CCCN(C)C3=O)C2)CC1. The van der Waals surface area contributed by atoms with Gasteiger partial charge in [-0.3, -0.25) is 9.69 Å². The third kappa shape index (κ3) is 3.05. The van der Waals surface area contributed by atoms with E-state index in [2.05, 4.69) is 41.0 Å². The highest BCUT2D eigenvalue weighted by molar-refractivity contribution is 5.83. The lowest BCUT2D eigenvalue weighted by Gasteiger charge is -2.40. The number of likely N-dealkylation sites (tertiary alicyclic amines) is 2. The minimum Gasteiger partial charge on any atom is -0.371 e. The summed E-state index contributed by atoms with van der Waals surface area (Å²) < 4.78 is 0. The van der Waals surface area contributed by atoms with Crippen molar-refractivity contribution >= 4 is 11.6 Å². The molecule has 136 valence electrons. The highest BCUT2D eigenvalue weighted by atomic mass is 16.2. The van der Waals surface area contributed by atoms with Gasteiger partial charge >= 0.3 is 0 Å². The number of rotatable bonds is 2. The molecule has 4 rings (SSSR count). The first-order valence-electron chi connectivity index (χ1n) is 9.89. The van der Waals surface area contributed by atoms with Crippen LogP contribution < -0.4 is 4.90 Å². The van der Waals surface area contributed by atoms with Gasteiger partial charge in [-0.2, -0.15) is 0 Å². The molecule has 3 aliphatic rings. The molecule has 1 spiro atoms. The number of nitrogens with zero attached hydrogens (tertiary/aromatic N) is 3. The predicted molar refractivity (Wildman–Crippen MR) is 102 cm³/mol. The summed E-state index contributed by atoms with van der Waals surface area (Å²) in [6.07, 6.45) is 5.76. The summed E-state index contributed by atoms with van der Waals surface area (Å²) in [5.74, 6) is 0.401. The van der Waals surface area contributed by atoms with Gasteiger partial charge in [0.1, 0.15) is 0 Å². The number of benzene rings is 1. The number of hydrogen-bond acceptors (Lipinski definition) is 3. The van der Waals surface area contributed by atoms with Gasteiger partial charge in [0.25, 0.3) is 0 Å². The molecule has 3 heterocycles. The summed E-state index contributed by atoms with van der Waals surface area (Å²) in [6, 6.07) is 9.37. The topological polar surface area (TPSA) is 26.8 Å². The van der Waals surface area contributed by atoms with E-state index in [1.54, 1.807) is 0 Å². The average Bonchev–Trinajstić information content (AvgIpc) is 3.05. The maximum Gasteiger partial charge on any atom is 0.229 e. The monoisotopic (exact) mass is 341 g/mol. The third-order valence-electron chi connectivity index (χ3n) is 6.77. The van der Waals surface area contributed by atoms with Crippen LogP contribution in [-0.2, 0) is 4.79 Å². The Morgan fingerprint density at radius 1 is 1.04 bits per heavy atom. The van der Waals surface area contributed by atoms with Crippen LogP contribution in [0, 0.1) is 12.3 Å². The van der Waals surface area contributed by atoms with Crippen LogP contribution >= 0.6 is 0 Å². The van der Waals surface area contributed by atoms with Gasteiger partial charge in [-0.05, 0) is 57.2 Å². The van der Waals surface area contributed by atoms with Crippen molar-refractivity contribution in [3.05, 3.63) is 29.8 Å². The van der Waals surface area contributed by atoms with Crippen molar-refractivity contribution in [3.8, 4) is 0 Å². The molecule has 0 N–H and O–H groups in total. The van der Waals surface area contributed by atoms with E-state index in [-0.39, 0.29) is 5.41 Å². The van der Waals surface area contributed by atoms with Gasteiger partial charge in [0, 0.05) is 45.0 Å². The Kier molecular flexibility index (Phi) is 4.48. The van der Waals surface area contributed by atoms with Crippen molar-refractivity contribution in [3.63, 3.8) is 0 Å². The molecule has 4 heteroatoms. The fourth-order valence-electron chi connectivity index (χ4n) is 5.25. The number of piperidine rings is 2. The van der Waals surface area contributed by atoms with E-state index in [0.717, 1.165) is 45.6 Å². The number of hydrogen-bond donors (Lipinski definition) is 0. The highest BCUT2D eigenvalue weighted by Crippen LogP contribution is 2.41. The molecule has 0 radical (unpaired) electrons. The molecule has 0 unspecified atom stereocenters. The minimum atomic E-state index is -0.0693. The average molecular weight is 341 g/mol. The predicted octanol–water partition coefficient (Wildman–Crippen LogP) is 2.91. The van der Waals surface area contributed by atoms with E-state index >= 15 is 0 Å². The largest absolute Gasteiger partial charge is 0.371 e. The maximum atomic E-state index is 12.7. The van der Waals surface area contributed by atoms with Crippen molar-refractivity contribution < 1.29 is 4.79 Å². The number of carbonyl (C=O) groups excluding carboxylic acids is 1. The van der Waals surface area contributed by atoms with E-state index in [1.165, 1.54) is 30.5 Å². The van der Waals surface area contributed by atoms with Crippen LogP contribution in [0.2, 0.25) is 0 Å². The van der Waals surface area contributed by atoms with Gasteiger partial charge in [-0.15, -0.1) is 0 Å². The zero-order valence-corrected chi connectivity index (χ0v) is 15.7. The number of carbonyl (C=O) groups is 1. The first kappa shape index (κ1) is 16.9. The Balaban J connectivity index is 1.38. The zero-order chi connectivity index (χ0) is 17.4. The molecule has 3 saturated heterocycles. The molecule has 0 bridgehead atoms. The number of para-hydroxylation sites is 1. The van der Waals surface area contributed by atoms with Crippen molar-refractivity contribution in [2.24, 2.45) is 5.41 Å². The smallest absolute Gasteiger partial charge is 0.229 e. The Morgan fingerprint density at radius 2 is 1.80 bits per heavy atom. The Labute approximate surface area is 151 Å². The van der Waals surface area contributed by atoms with Crippen LogP contribution in [0.1, 0.15) is 37.7 Å². The van der Waals surface area contributed by atoms with Crippen molar-refractivity contribution in [2.75, 3.05) is 44.7 Å². The van der Waals surface area contributed by atoms with Gasteiger partial charge in [0.15, 0.2) is 0 Å². The highest BCUT2D eigenvalue weighted by Gasteiger charge is 2.48. The molecule has 1 atom stereocenters. The van der Waals surface area contributed by atoms with Crippen LogP contribution in [0.25, 0.3) is 0 Å². The van der Waals surface area contributed by atoms with E-state index in [1.807, 2.05) is 11.9 Å². The summed E-state index contributed by atoms with van der Waals surface area (Å²) in [5.41, 5.74) is 2.69. The first-order chi connectivity index (χ1) is 12.1. The zero-order valence-electron chi connectivity index (χ0n) is 15.7. The lowest BCUT2D eigenvalue weighted by atomic mass is 9.78. The molecule has 1 aromatic carbocycles. The van der Waals surface area contributed by atoms with Gasteiger partial charge in [0.2, 0.25) is 5.91 Å². The lowest BCUT2D eigenvalue weighted by Crippen LogP contribution is -2.50. The molecular formula is C21H31N3O. The molecule has 4 nitrogen and oxygen atoms in total. The lowest BCUT2D eigenvalue weighted by molar-refractivity contribution is -0.144. The summed E-state index contributed by atoms with van der Waals surface area (Å²) >= 11 is 0. The molecule has 0 aromatic heterocycles. The number of aryl methyl sites for hydroxylation is 1. The molecule has 3 aliphatic heterocycles. The van der Waals surface area contributed by atoms with Crippen LogP contribution in [0.15, 0.2) is 24.3 Å². The summed E-state index contributed by atoms with van der Waals surface area (Å²) in [4.78, 5) is 19.9. The van der Waals surface area contributed by atoms with Gasteiger partial charge < -0.3 is 9.80 Å².